The van der Waals surface area contributed by atoms with Gasteiger partial charge in [-0.15, -0.1) is 0 Å². The molecule has 2 heterocycles. The van der Waals surface area contributed by atoms with E-state index in [0.29, 0.717) is 36.4 Å². The molecule has 3 aromatic rings. The smallest absolute Gasteiger partial charge is 0.417 e. The van der Waals surface area contributed by atoms with Crippen LogP contribution < -0.4 is 10.1 Å². The topological polar surface area (TPSA) is 50.8 Å². The van der Waals surface area contributed by atoms with Gasteiger partial charge in [-0.1, -0.05) is 48.5 Å². The van der Waals surface area contributed by atoms with Crippen LogP contribution in [0.15, 0.2) is 60.7 Å². The van der Waals surface area contributed by atoms with Crippen molar-refractivity contribution in [1.29, 1.82) is 0 Å². The first-order valence-electron chi connectivity index (χ1n) is 14.7. The predicted octanol–water partition coefficient (Wildman–Crippen LogP) is 6.87. The fraction of sp³-hybridized carbons (Fsp3) is 0.441. The number of fused-ring (bicyclic) bond motifs is 2. The SMILES string of the molecule is COCCOc1ccc(CN2C3CCC2CC(NC(=O)Cc2cccc(-c4ccccc4C(F)(F)F)c2)C3)c(C)c1C. The lowest BCUT2D eigenvalue weighted by molar-refractivity contribution is -0.137. The van der Waals surface area contributed by atoms with E-state index in [-0.39, 0.29) is 23.9 Å². The van der Waals surface area contributed by atoms with Crippen molar-refractivity contribution >= 4 is 5.91 Å². The molecule has 3 aromatic carbocycles. The molecule has 8 heteroatoms. The van der Waals surface area contributed by atoms with E-state index >= 15 is 0 Å². The Balaban J connectivity index is 1.19. The number of piperidine rings is 1. The number of rotatable bonds is 10. The van der Waals surface area contributed by atoms with Gasteiger partial charge in [0.05, 0.1) is 18.6 Å². The molecule has 2 fully saturated rings. The molecule has 0 aromatic heterocycles. The second kappa shape index (κ2) is 12.9. The molecule has 2 bridgehead atoms. The van der Waals surface area contributed by atoms with Crippen molar-refractivity contribution in [2.24, 2.45) is 0 Å². The number of carbonyl (C=O) groups is 1. The lowest BCUT2D eigenvalue weighted by Crippen LogP contribution is -2.50. The van der Waals surface area contributed by atoms with Crippen molar-refractivity contribution in [1.82, 2.24) is 10.2 Å². The molecule has 2 unspecified atom stereocenters. The third kappa shape index (κ3) is 6.81. The number of nitrogens with one attached hydrogen (secondary N) is 1. The molecule has 5 nitrogen and oxygen atoms in total. The zero-order chi connectivity index (χ0) is 29.9. The summed E-state index contributed by atoms with van der Waals surface area (Å²) in [6.07, 6.45) is -0.274. The van der Waals surface area contributed by atoms with Crippen LogP contribution in [-0.4, -0.2) is 49.3 Å². The Morgan fingerprint density at radius 2 is 1.69 bits per heavy atom. The van der Waals surface area contributed by atoms with Gasteiger partial charge in [0.2, 0.25) is 5.91 Å². The van der Waals surface area contributed by atoms with E-state index in [1.165, 1.54) is 23.3 Å². The maximum atomic E-state index is 13.6. The molecule has 0 spiro atoms. The van der Waals surface area contributed by atoms with Crippen LogP contribution in [0.5, 0.6) is 5.75 Å². The number of benzene rings is 3. The minimum atomic E-state index is -4.45. The van der Waals surface area contributed by atoms with Crippen molar-refractivity contribution in [2.45, 2.75) is 76.8 Å². The average Bonchev–Trinajstić information content (AvgIpc) is 3.18. The highest BCUT2D eigenvalue weighted by Crippen LogP contribution is 2.39. The Labute approximate surface area is 246 Å². The Hall–Kier alpha value is -3.36. The average molecular weight is 581 g/mol. The van der Waals surface area contributed by atoms with E-state index in [9.17, 15) is 18.0 Å². The minimum absolute atomic E-state index is 0.0929. The number of methoxy groups -OCH3 is 1. The monoisotopic (exact) mass is 580 g/mol. The van der Waals surface area contributed by atoms with Crippen LogP contribution in [-0.2, 0) is 28.7 Å². The van der Waals surface area contributed by atoms with Crippen LogP contribution in [0.4, 0.5) is 13.2 Å². The second-order valence-electron chi connectivity index (χ2n) is 11.5. The van der Waals surface area contributed by atoms with E-state index in [4.69, 9.17) is 9.47 Å². The summed E-state index contributed by atoms with van der Waals surface area (Å²) in [4.78, 5) is 15.6. The number of hydrogen-bond donors (Lipinski definition) is 1. The molecular weight excluding hydrogens is 541 g/mol. The lowest BCUT2D eigenvalue weighted by atomic mass is 9.94. The Morgan fingerprint density at radius 1 is 0.952 bits per heavy atom. The van der Waals surface area contributed by atoms with Crippen molar-refractivity contribution in [3.05, 3.63) is 88.5 Å². The predicted molar refractivity (Wildman–Crippen MR) is 157 cm³/mol. The molecule has 0 saturated carbocycles. The summed E-state index contributed by atoms with van der Waals surface area (Å²) in [6, 6.07) is 17.5. The standard InChI is InChI=1S/C34H39F3N2O3/c1-22-23(2)32(42-16-15-41-3)14-11-26(22)21-39-28-12-13-29(39)20-27(19-28)38-33(40)18-24-7-6-8-25(17-24)30-9-4-5-10-31(30)34(35,36)37/h4-11,14,17,27-29H,12-13,15-16,18-21H2,1-3H3,(H,38,40). The third-order valence-corrected chi connectivity index (χ3v) is 8.83. The van der Waals surface area contributed by atoms with Crippen molar-refractivity contribution in [3.63, 3.8) is 0 Å². The van der Waals surface area contributed by atoms with Gasteiger partial charge in [-0.3, -0.25) is 9.69 Å². The summed E-state index contributed by atoms with van der Waals surface area (Å²) in [5, 5.41) is 3.23. The number of ether oxygens (including phenoxy) is 2. The number of amides is 1. The summed E-state index contributed by atoms with van der Waals surface area (Å²) in [7, 11) is 1.66. The Morgan fingerprint density at radius 3 is 2.40 bits per heavy atom. The highest BCUT2D eigenvalue weighted by Gasteiger charge is 2.41. The quantitative estimate of drug-likeness (QED) is 0.266. The molecule has 1 N–H and O–H groups in total. The van der Waals surface area contributed by atoms with Crippen LogP contribution >= 0.6 is 0 Å². The van der Waals surface area contributed by atoms with Gasteiger partial charge in [0, 0.05) is 31.8 Å². The molecule has 2 aliphatic rings. The maximum absolute atomic E-state index is 13.6. The lowest BCUT2D eigenvalue weighted by Gasteiger charge is -2.39. The minimum Gasteiger partial charge on any atom is -0.491 e. The third-order valence-electron chi connectivity index (χ3n) is 8.83. The van der Waals surface area contributed by atoms with Gasteiger partial charge in [-0.25, -0.2) is 0 Å². The molecule has 5 rings (SSSR count). The van der Waals surface area contributed by atoms with Crippen molar-refractivity contribution < 1.29 is 27.4 Å². The zero-order valence-electron chi connectivity index (χ0n) is 24.5. The fourth-order valence-electron chi connectivity index (χ4n) is 6.56. The van der Waals surface area contributed by atoms with Crippen LogP contribution in [0.3, 0.4) is 0 Å². The number of hydrogen-bond acceptors (Lipinski definition) is 4. The molecule has 1 amide bonds. The number of halogens is 3. The summed E-state index contributed by atoms with van der Waals surface area (Å²) in [6.45, 7) is 6.21. The number of carbonyl (C=O) groups excluding carboxylic acids is 1. The molecule has 2 saturated heterocycles. The van der Waals surface area contributed by atoms with Gasteiger partial charge in [0.15, 0.2) is 0 Å². The van der Waals surface area contributed by atoms with E-state index in [1.807, 2.05) is 0 Å². The highest BCUT2D eigenvalue weighted by molar-refractivity contribution is 5.80. The highest BCUT2D eigenvalue weighted by atomic mass is 19.4. The van der Waals surface area contributed by atoms with E-state index < -0.39 is 11.7 Å². The molecule has 42 heavy (non-hydrogen) atoms. The summed E-state index contributed by atoms with van der Waals surface area (Å²) >= 11 is 0. The normalized spacial score (nSPS) is 20.5. The molecular formula is C34H39F3N2O3. The first-order valence-corrected chi connectivity index (χ1v) is 14.7. The molecule has 2 aliphatic heterocycles. The van der Waals surface area contributed by atoms with Crippen molar-refractivity contribution in [3.8, 4) is 16.9 Å². The largest absolute Gasteiger partial charge is 0.491 e. The van der Waals surface area contributed by atoms with Crippen LogP contribution in [0.25, 0.3) is 11.1 Å². The number of alkyl halides is 3. The zero-order valence-corrected chi connectivity index (χ0v) is 24.5. The summed E-state index contributed by atoms with van der Waals surface area (Å²) in [5.41, 5.74) is 4.31. The summed E-state index contributed by atoms with van der Waals surface area (Å²) in [5.74, 6) is 0.803. The van der Waals surface area contributed by atoms with Gasteiger partial charge in [-0.2, -0.15) is 13.2 Å². The second-order valence-corrected chi connectivity index (χ2v) is 11.5. The van der Waals surface area contributed by atoms with E-state index in [1.54, 1.807) is 37.4 Å². The van der Waals surface area contributed by atoms with Gasteiger partial charge < -0.3 is 14.8 Å². The maximum Gasteiger partial charge on any atom is 0.417 e. The Bertz CT molecular complexity index is 1390. The van der Waals surface area contributed by atoms with E-state index in [2.05, 4.69) is 36.2 Å². The molecule has 224 valence electrons. The van der Waals surface area contributed by atoms with Gasteiger partial charge in [-0.05, 0) is 85.0 Å². The van der Waals surface area contributed by atoms with Crippen LogP contribution in [0.1, 0.15) is 53.5 Å². The van der Waals surface area contributed by atoms with Crippen LogP contribution in [0.2, 0.25) is 0 Å². The van der Waals surface area contributed by atoms with Crippen LogP contribution in [0, 0.1) is 13.8 Å². The van der Waals surface area contributed by atoms with Crippen molar-refractivity contribution in [2.75, 3.05) is 20.3 Å². The molecule has 2 atom stereocenters. The first kappa shape index (κ1) is 30.1. The van der Waals surface area contributed by atoms with Gasteiger partial charge in [0.25, 0.3) is 0 Å². The molecule has 0 aliphatic carbocycles. The summed E-state index contributed by atoms with van der Waals surface area (Å²) < 4.78 is 51.6. The van der Waals surface area contributed by atoms with E-state index in [0.717, 1.165) is 49.6 Å². The number of nitrogens with zero attached hydrogens (tertiary/aromatic N) is 1. The fourth-order valence-corrected chi connectivity index (χ4v) is 6.56. The van der Waals surface area contributed by atoms with Gasteiger partial charge in [0.1, 0.15) is 12.4 Å². The Kier molecular flexibility index (Phi) is 9.23. The molecule has 0 radical (unpaired) electrons. The van der Waals surface area contributed by atoms with Gasteiger partial charge >= 0.3 is 6.18 Å². The first-order chi connectivity index (χ1) is 20.1.